The van der Waals surface area contributed by atoms with Crippen LogP contribution in [-0.2, 0) is 4.79 Å². The number of benzene rings is 2. The van der Waals surface area contributed by atoms with Crippen LogP contribution < -0.4 is 5.32 Å². The van der Waals surface area contributed by atoms with Gasteiger partial charge < -0.3 is 9.73 Å². The zero-order valence-electron chi connectivity index (χ0n) is 12.5. The van der Waals surface area contributed by atoms with Crippen molar-refractivity contribution in [2.75, 3.05) is 5.75 Å². The molecule has 0 aliphatic carbocycles. The van der Waals surface area contributed by atoms with E-state index in [1.165, 1.54) is 11.8 Å². The van der Waals surface area contributed by atoms with Crippen molar-refractivity contribution < 1.29 is 9.21 Å². The van der Waals surface area contributed by atoms with Crippen molar-refractivity contribution in [2.24, 2.45) is 0 Å². The number of carbonyl (C=O) groups is 1. The van der Waals surface area contributed by atoms with Crippen LogP contribution in [0.3, 0.4) is 0 Å². The van der Waals surface area contributed by atoms with E-state index in [1.807, 2.05) is 55.5 Å². The van der Waals surface area contributed by atoms with Gasteiger partial charge in [-0.2, -0.15) is 0 Å². The Balaban J connectivity index is 1.55. The van der Waals surface area contributed by atoms with Gasteiger partial charge in [0.05, 0.1) is 11.8 Å². The molecule has 3 rings (SSSR count). The minimum absolute atomic E-state index is 0.0697. The van der Waals surface area contributed by atoms with Gasteiger partial charge in [0.1, 0.15) is 5.52 Å². The molecule has 118 valence electrons. The molecule has 1 atom stereocenters. The summed E-state index contributed by atoms with van der Waals surface area (Å²) in [5.41, 5.74) is 2.53. The van der Waals surface area contributed by atoms with Crippen LogP contribution in [0.1, 0.15) is 18.5 Å². The molecule has 0 aliphatic rings. The van der Waals surface area contributed by atoms with Crippen LogP contribution >= 0.6 is 23.4 Å². The molecule has 0 aliphatic heterocycles. The molecule has 23 heavy (non-hydrogen) atoms. The molecule has 0 saturated carbocycles. The zero-order valence-corrected chi connectivity index (χ0v) is 14.0. The maximum absolute atomic E-state index is 12.1. The minimum atomic E-state index is -0.0796. The third-order valence-electron chi connectivity index (χ3n) is 3.35. The number of nitrogens with zero attached hydrogens (tertiary/aromatic N) is 1. The van der Waals surface area contributed by atoms with Gasteiger partial charge >= 0.3 is 0 Å². The van der Waals surface area contributed by atoms with Gasteiger partial charge in [-0.1, -0.05) is 47.6 Å². The lowest BCUT2D eigenvalue weighted by Crippen LogP contribution is -2.28. The standard InChI is InChI=1S/C17H15ClN2O2S/c1-11(12-6-8-13(18)9-7-12)19-16(21)10-23-17-20-14-4-2-3-5-15(14)22-17/h2-9,11H,10H2,1H3,(H,19,21)/t11-/m0/s1. The van der Waals surface area contributed by atoms with Crippen LogP contribution in [-0.4, -0.2) is 16.6 Å². The van der Waals surface area contributed by atoms with Crippen LogP contribution in [0.4, 0.5) is 0 Å². The Kier molecular flexibility index (Phi) is 4.88. The molecule has 2 aromatic carbocycles. The molecular weight excluding hydrogens is 332 g/mol. The van der Waals surface area contributed by atoms with E-state index in [0.717, 1.165) is 16.7 Å². The van der Waals surface area contributed by atoms with Crippen LogP contribution in [0.25, 0.3) is 11.1 Å². The predicted molar refractivity (Wildman–Crippen MR) is 92.7 cm³/mol. The van der Waals surface area contributed by atoms with Crippen molar-refractivity contribution in [1.29, 1.82) is 0 Å². The fourth-order valence-corrected chi connectivity index (χ4v) is 2.93. The lowest BCUT2D eigenvalue weighted by atomic mass is 10.1. The Labute approximate surface area is 143 Å². The molecule has 1 heterocycles. The second-order valence-corrected chi connectivity index (χ2v) is 6.44. The molecule has 4 nitrogen and oxygen atoms in total. The van der Waals surface area contributed by atoms with Crippen molar-refractivity contribution in [1.82, 2.24) is 10.3 Å². The van der Waals surface area contributed by atoms with E-state index >= 15 is 0 Å². The first kappa shape index (κ1) is 15.9. The van der Waals surface area contributed by atoms with Gasteiger partial charge in [-0.3, -0.25) is 4.79 Å². The lowest BCUT2D eigenvalue weighted by molar-refractivity contribution is -0.119. The average molecular weight is 347 g/mol. The Morgan fingerprint density at radius 2 is 2.00 bits per heavy atom. The highest BCUT2D eigenvalue weighted by molar-refractivity contribution is 7.99. The number of hydrogen-bond acceptors (Lipinski definition) is 4. The maximum Gasteiger partial charge on any atom is 0.257 e. The van der Waals surface area contributed by atoms with Crippen LogP contribution in [0.5, 0.6) is 0 Å². The molecule has 0 unspecified atom stereocenters. The van der Waals surface area contributed by atoms with Gasteiger partial charge in [0.2, 0.25) is 5.91 Å². The summed E-state index contributed by atoms with van der Waals surface area (Å²) < 4.78 is 5.58. The largest absolute Gasteiger partial charge is 0.431 e. The summed E-state index contributed by atoms with van der Waals surface area (Å²) in [7, 11) is 0. The highest BCUT2D eigenvalue weighted by Crippen LogP contribution is 2.23. The molecule has 0 radical (unpaired) electrons. The SMILES string of the molecule is C[C@H](NC(=O)CSc1nc2ccccc2o1)c1ccc(Cl)cc1. The normalized spacial score (nSPS) is 12.3. The number of para-hydroxylation sites is 2. The molecule has 0 fully saturated rings. The van der Waals surface area contributed by atoms with Gasteiger partial charge in [0.15, 0.2) is 5.58 Å². The van der Waals surface area contributed by atoms with E-state index in [-0.39, 0.29) is 17.7 Å². The van der Waals surface area contributed by atoms with E-state index in [4.69, 9.17) is 16.0 Å². The summed E-state index contributed by atoms with van der Waals surface area (Å²) in [6, 6.07) is 14.9. The second-order valence-electron chi connectivity index (χ2n) is 5.08. The number of aromatic nitrogens is 1. The van der Waals surface area contributed by atoms with Gasteiger partial charge in [-0.05, 0) is 36.8 Å². The minimum Gasteiger partial charge on any atom is -0.431 e. The summed E-state index contributed by atoms with van der Waals surface area (Å²) in [5.74, 6) is 0.185. The van der Waals surface area contributed by atoms with Gasteiger partial charge in [-0.25, -0.2) is 4.98 Å². The summed E-state index contributed by atoms with van der Waals surface area (Å²) in [4.78, 5) is 16.4. The smallest absolute Gasteiger partial charge is 0.257 e. The number of fused-ring (bicyclic) bond motifs is 1. The first-order valence-corrected chi connectivity index (χ1v) is 8.51. The summed E-state index contributed by atoms with van der Waals surface area (Å²) >= 11 is 7.15. The fourth-order valence-electron chi connectivity index (χ4n) is 2.16. The first-order chi connectivity index (χ1) is 11.1. The van der Waals surface area contributed by atoms with Crippen LogP contribution in [0, 0.1) is 0 Å². The Hall–Kier alpha value is -1.98. The number of rotatable bonds is 5. The fraction of sp³-hybridized carbons (Fsp3) is 0.176. The van der Waals surface area contributed by atoms with Crippen molar-refractivity contribution >= 4 is 40.4 Å². The number of hydrogen-bond donors (Lipinski definition) is 1. The Bertz CT molecular complexity index is 784. The van der Waals surface area contributed by atoms with E-state index < -0.39 is 0 Å². The van der Waals surface area contributed by atoms with Gasteiger partial charge in [-0.15, -0.1) is 0 Å². The molecule has 1 amide bonds. The molecule has 1 aromatic heterocycles. The van der Waals surface area contributed by atoms with E-state index in [2.05, 4.69) is 10.3 Å². The number of amides is 1. The van der Waals surface area contributed by atoms with Crippen molar-refractivity contribution in [3.8, 4) is 0 Å². The molecular formula is C17H15ClN2O2S. The molecule has 0 saturated heterocycles. The van der Waals surface area contributed by atoms with E-state index in [0.29, 0.717) is 10.2 Å². The van der Waals surface area contributed by atoms with Crippen molar-refractivity contribution in [3.05, 3.63) is 59.1 Å². The van der Waals surface area contributed by atoms with Crippen LogP contribution in [0.15, 0.2) is 58.2 Å². The Morgan fingerprint density at radius 3 is 2.74 bits per heavy atom. The van der Waals surface area contributed by atoms with E-state index in [9.17, 15) is 4.79 Å². The third-order valence-corrected chi connectivity index (χ3v) is 4.43. The van der Waals surface area contributed by atoms with Crippen molar-refractivity contribution in [2.45, 2.75) is 18.2 Å². The van der Waals surface area contributed by atoms with Gasteiger partial charge in [0.25, 0.3) is 5.22 Å². The summed E-state index contributed by atoms with van der Waals surface area (Å²) in [6.45, 7) is 1.94. The molecule has 6 heteroatoms. The maximum atomic E-state index is 12.1. The lowest BCUT2D eigenvalue weighted by Gasteiger charge is -2.13. The Morgan fingerprint density at radius 1 is 1.26 bits per heavy atom. The van der Waals surface area contributed by atoms with Crippen LogP contribution in [0.2, 0.25) is 5.02 Å². The number of carbonyl (C=O) groups excluding carboxylic acids is 1. The van der Waals surface area contributed by atoms with Crippen molar-refractivity contribution in [3.63, 3.8) is 0 Å². The monoisotopic (exact) mass is 346 g/mol. The number of nitrogens with one attached hydrogen (secondary N) is 1. The quantitative estimate of drug-likeness (QED) is 0.693. The number of thioether (sulfide) groups is 1. The molecule has 0 spiro atoms. The number of oxazole rings is 1. The second kappa shape index (κ2) is 7.06. The average Bonchev–Trinajstić information content (AvgIpc) is 2.96. The highest BCUT2D eigenvalue weighted by atomic mass is 35.5. The third kappa shape index (κ3) is 4.06. The number of halogens is 1. The van der Waals surface area contributed by atoms with Gasteiger partial charge in [0, 0.05) is 5.02 Å². The van der Waals surface area contributed by atoms with E-state index in [1.54, 1.807) is 0 Å². The predicted octanol–water partition coefficient (Wildman–Crippen LogP) is 4.45. The summed E-state index contributed by atoms with van der Waals surface area (Å²) in [6.07, 6.45) is 0. The molecule has 1 N–H and O–H groups in total. The first-order valence-electron chi connectivity index (χ1n) is 7.15. The topological polar surface area (TPSA) is 55.1 Å². The molecule has 0 bridgehead atoms. The molecule has 3 aromatic rings. The summed E-state index contributed by atoms with van der Waals surface area (Å²) in [5, 5.41) is 4.13. The zero-order chi connectivity index (χ0) is 16.2. The highest BCUT2D eigenvalue weighted by Gasteiger charge is 2.12.